The van der Waals surface area contributed by atoms with Crippen molar-refractivity contribution in [1.82, 2.24) is 4.90 Å². The molecule has 2 fully saturated rings. The Morgan fingerprint density at radius 3 is 2.48 bits per heavy atom. The molecule has 0 radical (unpaired) electrons. The van der Waals surface area contributed by atoms with Crippen LogP contribution in [0.2, 0.25) is 0 Å². The molecule has 140 valence electrons. The Bertz CT molecular complexity index is 834. The van der Waals surface area contributed by atoms with E-state index in [1.165, 1.54) is 18.4 Å². The number of hydrogen-bond acceptors (Lipinski definition) is 3. The maximum atomic E-state index is 12.9. The van der Waals surface area contributed by atoms with E-state index in [2.05, 4.69) is 12.1 Å². The van der Waals surface area contributed by atoms with Crippen LogP contribution in [0.25, 0.3) is 0 Å². The van der Waals surface area contributed by atoms with Gasteiger partial charge in [0.15, 0.2) is 6.61 Å². The first-order valence-corrected chi connectivity index (χ1v) is 9.50. The number of carbonyl (C=O) groups excluding carboxylic acids is 2. The van der Waals surface area contributed by atoms with Crippen LogP contribution in [0.4, 0.5) is 0 Å². The lowest BCUT2D eigenvalue weighted by Gasteiger charge is -2.61. The highest BCUT2D eigenvalue weighted by Gasteiger charge is 2.56. The van der Waals surface area contributed by atoms with Crippen molar-refractivity contribution in [2.75, 3.05) is 13.2 Å². The van der Waals surface area contributed by atoms with Crippen LogP contribution in [0.5, 0.6) is 5.75 Å². The molecule has 2 aliphatic rings. The lowest BCUT2D eigenvalue weighted by atomic mass is 9.61. The van der Waals surface area contributed by atoms with E-state index in [9.17, 15) is 9.59 Å². The molecule has 0 bridgehead atoms. The molecule has 1 heterocycles. The van der Waals surface area contributed by atoms with Crippen molar-refractivity contribution in [3.63, 3.8) is 0 Å². The van der Waals surface area contributed by atoms with Crippen LogP contribution < -0.4 is 10.5 Å². The third kappa shape index (κ3) is 3.07. The SMILES string of the molecule is NC(=O)c1ccc(OCC(=O)N2C[C@@H]3CCCC[C@@]32c2ccccc2)cc1. The van der Waals surface area contributed by atoms with E-state index in [-0.39, 0.29) is 18.1 Å². The standard InChI is InChI=1S/C22H24N2O3/c23-21(26)16-9-11-19(12-10-16)27-15-20(25)24-14-18-8-4-5-13-22(18,24)17-6-2-1-3-7-17/h1-3,6-7,9-12,18H,4-5,8,13-15H2,(H2,23,26)/t18-,22+/m0/s1. The van der Waals surface area contributed by atoms with E-state index < -0.39 is 5.91 Å². The highest BCUT2D eigenvalue weighted by molar-refractivity contribution is 5.92. The monoisotopic (exact) mass is 364 g/mol. The molecule has 2 N–H and O–H groups in total. The van der Waals surface area contributed by atoms with Crippen molar-refractivity contribution in [2.45, 2.75) is 31.2 Å². The summed E-state index contributed by atoms with van der Waals surface area (Å²) in [4.78, 5) is 26.1. The number of benzene rings is 2. The summed E-state index contributed by atoms with van der Waals surface area (Å²) in [7, 11) is 0. The minimum absolute atomic E-state index is 0.00276. The number of rotatable bonds is 5. The van der Waals surface area contributed by atoms with Gasteiger partial charge in [-0.2, -0.15) is 0 Å². The zero-order valence-corrected chi connectivity index (χ0v) is 15.3. The lowest BCUT2D eigenvalue weighted by Crippen LogP contribution is -2.68. The quantitative estimate of drug-likeness (QED) is 0.886. The number of nitrogens with zero attached hydrogens (tertiary/aromatic N) is 1. The van der Waals surface area contributed by atoms with E-state index in [0.717, 1.165) is 19.4 Å². The minimum Gasteiger partial charge on any atom is -0.484 e. The normalized spacial score (nSPS) is 23.9. The average Bonchev–Trinajstić information content (AvgIpc) is 2.68. The van der Waals surface area contributed by atoms with Crippen molar-refractivity contribution < 1.29 is 14.3 Å². The Morgan fingerprint density at radius 2 is 1.81 bits per heavy atom. The number of primary amides is 1. The number of hydrogen-bond donors (Lipinski definition) is 1. The van der Waals surface area contributed by atoms with Gasteiger partial charge in [-0.05, 0) is 42.7 Å². The Balaban J connectivity index is 1.47. The molecule has 1 aliphatic heterocycles. The average molecular weight is 364 g/mol. The molecule has 2 aromatic rings. The minimum atomic E-state index is -0.480. The third-order valence-corrected chi connectivity index (χ3v) is 6.00. The first-order chi connectivity index (χ1) is 13.1. The molecule has 1 aliphatic carbocycles. The van der Waals surface area contributed by atoms with Gasteiger partial charge in [0.2, 0.25) is 5.91 Å². The molecule has 1 saturated carbocycles. The maximum Gasteiger partial charge on any atom is 0.261 e. The number of amides is 2. The highest BCUT2D eigenvalue weighted by atomic mass is 16.5. The molecule has 5 nitrogen and oxygen atoms in total. The Hall–Kier alpha value is -2.82. The first-order valence-electron chi connectivity index (χ1n) is 9.50. The molecule has 27 heavy (non-hydrogen) atoms. The predicted molar refractivity (Wildman–Crippen MR) is 102 cm³/mol. The van der Waals surface area contributed by atoms with Crippen molar-refractivity contribution in [1.29, 1.82) is 0 Å². The van der Waals surface area contributed by atoms with Gasteiger partial charge in [0.05, 0.1) is 5.54 Å². The molecule has 5 heteroatoms. The topological polar surface area (TPSA) is 72.6 Å². The van der Waals surface area contributed by atoms with E-state index >= 15 is 0 Å². The van der Waals surface area contributed by atoms with E-state index in [1.54, 1.807) is 24.3 Å². The fourth-order valence-corrected chi connectivity index (χ4v) is 4.62. The fraction of sp³-hybridized carbons (Fsp3) is 0.364. The molecule has 1 saturated heterocycles. The summed E-state index contributed by atoms with van der Waals surface area (Å²) in [6.07, 6.45) is 4.57. The molecule has 0 unspecified atom stereocenters. The number of nitrogens with two attached hydrogens (primary N) is 1. The molecule has 2 atom stereocenters. The van der Waals surface area contributed by atoms with Crippen LogP contribution >= 0.6 is 0 Å². The van der Waals surface area contributed by atoms with Gasteiger partial charge >= 0.3 is 0 Å². The van der Waals surface area contributed by atoms with Crippen LogP contribution in [-0.2, 0) is 10.3 Å². The van der Waals surface area contributed by atoms with Gasteiger partial charge in [-0.1, -0.05) is 43.2 Å². The molecule has 0 spiro atoms. The summed E-state index contributed by atoms with van der Waals surface area (Å²) in [5.74, 6) is 0.623. The van der Waals surface area contributed by atoms with Gasteiger partial charge in [-0.3, -0.25) is 9.59 Å². The van der Waals surface area contributed by atoms with Gasteiger partial charge in [-0.25, -0.2) is 0 Å². The second-order valence-electron chi connectivity index (χ2n) is 7.41. The molecule has 0 aromatic heterocycles. The van der Waals surface area contributed by atoms with Crippen molar-refractivity contribution in [3.05, 3.63) is 65.7 Å². The van der Waals surface area contributed by atoms with E-state index in [1.807, 2.05) is 23.1 Å². The van der Waals surface area contributed by atoms with Crippen LogP contribution in [0, 0.1) is 5.92 Å². The van der Waals surface area contributed by atoms with E-state index in [4.69, 9.17) is 10.5 Å². The highest BCUT2D eigenvalue weighted by Crippen LogP contribution is 2.53. The number of likely N-dealkylation sites (tertiary alicyclic amines) is 1. The van der Waals surface area contributed by atoms with Gasteiger partial charge in [-0.15, -0.1) is 0 Å². The van der Waals surface area contributed by atoms with Gasteiger partial charge < -0.3 is 15.4 Å². The summed E-state index contributed by atoms with van der Waals surface area (Å²) < 4.78 is 5.68. The number of ether oxygens (including phenoxy) is 1. The number of carbonyl (C=O) groups is 2. The Labute approximate surface area is 159 Å². The molecule has 2 aromatic carbocycles. The summed E-state index contributed by atoms with van der Waals surface area (Å²) >= 11 is 0. The van der Waals surface area contributed by atoms with Gasteiger partial charge in [0.25, 0.3) is 5.91 Å². The van der Waals surface area contributed by atoms with Crippen LogP contribution in [0.1, 0.15) is 41.6 Å². The van der Waals surface area contributed by atoms with E-state index in [0.29, 0.717) is 17.2 Å². The second-order valence-corrected chi connectivity index (χ2v) is 7.41. The molecule has 2 amide bonds. The van der Waals surface area contributed by atoms with Gasteiger partial charge in [0, 0.05) is 18.0 Å². The predicted octanol–water partition coefficient (Wildman–Crippen LogP) is 3.09. The lowest BCUT2D eigenvalue weighted by molar-refractivity contribution is -0.168. The summed E-state index contributed by atoms with van der Waals surface area (Å²) in [6, 6.07) is 16.9. The Morgan fingerprint density at radius 1 is 1.07 bits per heavy atom. The Kier molecular flexibility index (Phi) is 4.60. The summed E-state index contributed by atoms with van der Waals surface area (Å²) in [5, 5.41) is 0. The van der Waals surface area contributed by atoms with Crippen LogP contribution in [0.3, 0.4) is 0 Å². The third-order valence-electron chi connectivity index (χ3n) is 6.00. The van der Waals surface area contributed by atoms with Crippen molar-refractivity contribution >= 4 is 11.8 Å². The summed E-state index contributed by atoms with van der Waals surface area (Å²) in [6.45, 7) is 0.801. The second kappa shape index (κ2) is 7.06. The molecular weight excluding hydrogens is 340 g/mol. The molecule has 4 rings (SSSR count). The van der Waals surface area contributed by atoms with Crippen LogP contribution in [-0.4, -0.2) is 29.9 Å². The fourth-order valence-electron chi connectivity index (χ4n) is 4.62. The summed E-state index contributed by atoms with van der Waals surface area (Å²) in [5.41, 5.74) is 6.73. The number of fused-ring (bicyclic) bond motifs is 1. The first kappa shape index (κ1) is 17.6. The zero-order valence-electron chi connectivity index (χ0n) is 15.3. The van der Waals surface area contributed by atoms with Crippen LogP contribution in [0.15, 0.2) is 54.6 Å². The maximum absolute atomic E-state index is 12.9. The smallest absolute Gasteiger partial charge is 0.261 e. The van der Waals surface area contributed by atoms with Gasteiger partial charge in [0.1, 0.15) is 5.75 Å². The van der Waals surface area contributed by atoms with Crippen molar-refractivity contribution in [3.8, 4) is 5.75 Å². The largest absolute Gasteiger partial charge is 0.484 e. The van der Waals surface area contributed by atoms with Crippen molar-refractivity contribution in [2.24, 2.45) is 11.7 Å². The molecular formula is C22H24N2O3. The zero-order chi connectivity index (χ0) is 18.9.